The van der Waals surface area contributed by atoms with E-state index in [-0.39, 0.29) is 6.04 Å². The lowest BCUT2D eigenvalue weighted by Crippen LogP contribution is -2.06. The summed E-state index contributed by atoms with van der Waals surface area (Å²) in [5.74, 6) is 0. The van der Waals surface area contributed by atoms with Crippen LogP contribution in [-0.2, 0) is 0 Å². The summed E-state index contributed by atoms with van der Waals surface area (Å²) in [4.78, 5) is 4.10. The Balaban J connectivity index is 2.08. The molecule has 0 spiro atoms. The molecular weight excluding hydrogens is 220 g/mol. The molecule has 1 unspecified atom stereocenters. The van der Waals surface area contributed by atoms with Crippen molar-refractivity contribution >= 4 is 17.3 Å². The minimum Gasteiger partial charge on any atom is -0.378 e. The SMILES string of the molecule is CC(Nc1ccc(Cl)cc1)c1cccnc1. The van der Waals surface area contributed by atoms with E-state index in [2.05, 4.69) is 23.3 Å². The fourth-order valence-corrected chi connectivity index (χ4v) is 1.64. The fourth-order valence-electron chi connectivity index (χ4n) is 1.51. The molecule has 0 bridgehead atoms. The van der Waals surface area contributed by atoms with E-state index in [1.165, 1.54) is 0 Å². The summed E-state index contributed by atoms with van der Waals surface area (Å²) in [5, 5.41) is 4.14. The van der Waals surface area contributed by atoms with Gasteiger partial charge in [-0.05, 0) is 42.8 Å². The second-order valence-electron chi connectivity index (χ2n) is 3.66. The van der Waals surface area contributed by atoms with E-state index >= 15 is 0 Å². The van der Waals surface area contributed by atoms with Crippen molar-refractivity contribution < 1.29 is 0 Å². The van der Waals surface area contributed by atoms with E-state index in [4.69, 9.17) is 11.6 Å². The highest BCUT2D eigenvalue weighted by Crippen LogP contribution is 2.19. The normalized spacial score (nSPS) is 12.1. The number of rotatable bonds is 3. The van der Waals surface area contributed by atoms with Gasteiger partial charge >= 0.3 is 0 Å². The molecule has 0 radical (unpaired) electrons. The highest BCUT2D eigenvalue weighted by Gasteiger charge is 2.04. The average Bonchev–Trinajstić information content (AvgIpc) is 2.33. The summed E-state index contributed by atoms with van der Waals surface area (Å²) in [5.41, 5.74) is 2.22. The molecule has 3 heteroatoms. The zero-order valence-electron chi connectivity index (χ0n) is 9.02. The molecule has 1 atom stereocenters. The zero-order chi connectivity index (χ0) is 11.4. The highest BCUT2D eigenvalue weighted by molar-refractivity contribution is 6.30. The third kappa shape index (κ3) is 2.74. The van der Waals surface area contributed by atoms with Crippen molar-refractivity contribution in [3.8, 4) is 0 Å². The third-order valence-electron chi connectivity index (χ3n) is 2.41. The first kappa shape index (κ1) is 11.0. The molecule has 1 heterocycles. The first-order valence-electron chi connectivity index (χ1n) is 5.18. The summed E-state index contributed by atoms with van der Waals surface area (Å²) in [6, 6.07) is 11.9. The van der Waals surface area contributed by atoms with Gasteiger partial charge in [-0.3, -0.25) is 4.98 Å². The van der Waals surface area contributed by atoms with Gasteiger partial charge in [0.25, 0.3) is 0 Å². The first-order chi connectivity index (χ1) is 7.75. The van der Waals surface area contributed by atoms with Gasteiger partial charge in [-0.25, -0.2) is 0 Å². The van der Waals surface area contributed by atoms with Gasteiger partial charge < -0.3 is 5.32 Å². The lowest BCUT2D eigenvalue weighted by Gasteiger charge is -2.15. The molecule has 2 nitrogen and oxygen atoms in total. The predicted octanol–water partition coefficient (Wildman–Crippen LogP) is 3.91. The van der Waals surface area contributed by atoms with Crippen molar-refractivity contribution in [2.45, 2.75) is 13.0 Å². The Labute approximate surface area is 100 Å². The van der Waals surface area contributed by atoms with Gasteiger partial charge in [0.05, 0.1) is 6.04 Å². The number of nitrogens with one attached hydrogen (secondary N) is 1. The smallest absolute Gasteiger partial charge is 0.0500 e. The van der Waals surface area contributed by atoms with Crippen LogP contribution in [0.1, 0.15) is 18.5 Å². The van der Waals surface area contributed by atoms with E-state index < -0.39 is 0 Å². The Hall–Kier alpha value is -1.54. The van der Waals surface area contributed by atoms with Gasteiger partial charge in [0, 0.05) is 23.1 Å². The van der Waals surface area contributed by atoms with Crippen LogP contribution in [0.15, 0.2) is 48.8 Å². The first-order valence-corrected chi connectivity index (χ1v) is 5.55. The van der Waals surface area contributed by atoms with Gasteiger partial charge in [-0.2, -0.15) is 0 Å². The van der Waals surface area contributed by atoms with Gasteiger partial charge in [-0.1, -0.05) is 17.7 Å². The second kappa shape index (κ2) is 4.99. The molecule has 0 amide bonds. The molecule has 82 valence electrons. The molecule has 2 aromatic rings. The second-order valence-corrected chi connectivity index (χ2v) is 4.10. The minimum atomic E-state index is 0.231. The molecule has 1 aromatic carbocycles. The van der Waals surface area contributed by atoms with Gasteiger partial charge in [-0.15, -0.1) is 0 Å². The van der Waals surface area contributed by atoms with Crippen molar-refractivity contribution in [1.29, 1.82) is 0 Å². The largest absolute Gasteiger partial charge is 0.378 e. The average molecular weight is 233 g/mol. The monoisotopic (exact) mass is 232 g/mol. The van der Waals surface area contributed by atoms with E-state index in [0.29, 0.717) is 0 Å². The molecule has 0 saturated carbocycles. The van der Waals surface area contributed by atoms with Crippen LogP contribution in [0, 0.1) is 0 Å². The van der Waals surface area contributed by atoms with Crippen LogP contribution in [0.3, 0.4) is 0 Å². The van der Waals surface area contributed by atoms with Crippen LogP contribution >= 0.6 is 11.6 Å². The van der Waals surface area contributed by atoms with Crippen LogP contribution in [0.5, 0.6) is 0 Å². The lowest BCUT2D eigenvalue weighted by molar-refractivity contribution is 0.876. The number of anilines is 1. The van der Waals surface area contributed by atoms with Crippen molar-refractivity contribution in [2.24, 2.45) is 0 Å². The lowest BCUT2D eigenvalue weighted by atomic mass is 10.1. The van der Waals surface area contributed by atoms with Crippen molar-refractivity contribution in [3.05, 3.63) is 59.4 Å². The number of halogens is 1. The van der Waals surface area contributed by atoms with Gasteiger partial charge in [0.1, 0.15) is 0 Å². The van der Waals surface area contributed by atoms with Crippen molar-refractivity contribution in [2.75, 3.05) is 5.32 Å². The Bertz CT molecular complexity index is 439. The summed E-state index contributed by atoms with van der Waals surface area (Å²) in [7, 11) is 0. The molecule has 2 rings (SSSR count). The summed E-state index contributed by atoms with van der Waals surface area (Å²) in [6.45, 7) is 2.10. The Morgan fingerprint density at radius 3 is 2.56 bits per heavy atom. The van der Waals surface area contributed by atoms with Gasteiger partial charge in [0.15, 0.2) is 0 Å². The summed E-state index contributed by atoms with van der Waals surface area (Å²) in [6.07, 6.45) is 3.64. The summed E-state index contributed by atoms with van der Waals surface area (Å²) < 4.78 is 0. The van der Waals surface area contributed by atoms with Crippen LogP contribution < -0.4 is 5.32 Å². The molecule has 0 aliphatic heterocycles. The van der Waals surface area contributed by atoms with E-state index in [1.807, 2.05) is 36.5 Å². The summed E-state index contributed by atoms with van der Waals surface area (Å²) >= 11 is 5.83. The molecule has 0 saturated heterocycles. The molecule has 1 N–H and O–H groups in total. The topological polar surface area (TPSA) is 24.9 Å². The number of hydrogen-bond donors (Lipinski definition) is 1. The maximum absolute atomic E-state index is 5.83. The Kier molecular flexibility index (Phi) is 3.42. The third-order valence-corrected chi connectivity index (χ3v) is 2.66. The molecular formula is C13H13ClN2. The predicted molar refractivity (Wildman–Crippen MR) is 67.7 cm³/mol. The molecule has 0 aliphatic carbocycles. The van der Waals surface area contributed by atoms with E-state index in [0.717, 1.165) is 16.3 Å². The highest BCUT2D eigenvalue weighted by atomic mass is 35.5. The number of nitrogens with zero attached hydrogens (tertiary/aromatic N) is 1. The Morgan fingerprint density at radius 1 is 1.19 bits per heavy atom. The van der Waals surface area contributed by atoms with Crippen LogP contribution in [0.4, 0.5) is 5.69 Å². The standard InChI is InChI=1S/C13H13ClN2/c1-10(11-3-2-8-15-9-11)16-13-6-4-12(14)5-7-13/h2-10,16H,1H3. The number of aromatic nitrogens is 1. The van der Waals surface area contributed by atoms with Crippen molar-refractivity contribution in [1.82, 2.24) is 4.98 Å². The minimum absolute atomic E-state index is 0.231. The Morgan fingerprint density at radius 2 is 1.94 bits per heavy atom. The van der Waals surface area contributed by atoms with E-state index in [1.54, 1.807) is 6.20 Å². The quantitative estimate of drug-likeness (QED) is 0.868. The van der Waals surface area contributed by atoms with Gasteiger partial charge in [0.2, 0.25) is 0 Å². The fraction of sp³-hybridized carbons (Fsp3) is 0.154. The number of benzene rings is 1. The maximum atomic E-state index is 5.83. The van der Waals surface area contributed by atoms with Crippen molar-refractivity contribution in [3.63, 3.8) is 0 Å². The molecule has 0 aliphatic rings. The maximum Gasteiger partial charge on any atom is 0.0500 e. The zero-order valence-corrected chi connectivity index (χ0v) is 9.78. The molecule has 16 heavy (non-hydrogen) atoms. The van der Waals surface area contributed by atoms with Crippen LogP contribution in [0.25, 0.3) is 0 Å². The van der Waals surface area contributed by atoms with E-state index in [9.17, 15) is 0 Å². The molecule has 0 fully saturated rings. The van der Waals surface area contributed by atoms with Crippen LogP contribution in [-0.4, -0.2) is 4.98 Å². The number of pyridine rings is 1. The number of hydrogen-bond acceptors (Lipinski definition) is 2. The van der Waals surface area contributed by atoms with Crippen LogP contribution in [0.2, 0.25) is 5.02 Å². The molecule has 1 aromatic heterocycles.